The Labute approximate surface area is 150 Å². The van der Waals surface area contributed by atoms with Crippen LogP contribution >= 0.6 is 0 Å². The molecule has 0 aliphatic heterocycles. The third-order valence-electron chi connectivity index (χ3n) is 3.79. The Morgan fingerprint density at radius 3 is 2.28 bits per heavy atom. The van der Waals surface area contributed by atoms with Gasteiger partial charge in [0, 0.05) is 0 Å². The maximum Gasteiger partial charge on any atom is 0.265 e. The van der Waals surface area contributed by atoms with Crippen LogP contribution in [0.15, 0.2) is 42.5 Å². The average molecular weight is 341 g/mol. The molecule has 0 aliphatic rings. The standard InChI is InChI=1S/C21H27NO3/c1-14(2)13-24-19-12-7-6-11-18(19)22-21(23)17(5)25-20-15(3)9-8-10-16(20)4/h6-12,14,17H,13H2,1-5H3,(H,22,23). The lowest BCUT2D eigenvalue weighted by atomic mass is 10.1. The van der Waals surface area contributed by atoms with Crippen LogP contribution in [0.2, 0.25) is 0 Å². The largest absolute Gasteiger partial charge is 0.491 e. The summed E-state index contributed by atoms with van der Waals surface area (Å²) in [5.41, 5.74) is 2.69. The van der Waals surface area contributed by atoms with E-state index in [0.717, 1.165) is 16.9 Å². The van der Waals surface area contributed by atoms with E-state index in [-0.39, 0.29) is 5.91 Å². The highest BCUT2D eigenvalue weighted by Gasteiger charge is 2.18. The van der Waals surface area contributed by atoms with Gasteiger partial charge in [-0.05, 0) is 49.9 Å². The zero-order valence-corrected chi connectivity index (χ0v) is 15.6. The SMILES string of the molecule is Cc1cccc(C)c1OC(C)C(=O)Nc1ccccc1OCC(C)C. The predicted octanol–water partition coefficient (Wildman–Crippen LogP) is 4.74. The van der Waals surface area contributed by atoms with E-state index in [1.807, 2.05) is 56.3 Å². The highest BCUT2D eigenvalue weighted by Crippen LogP contribution is 2.26. The third-order valence-corrected chi connectivity index (χ3v) is 3.79. The molecule has 0 radical (unpaired) electrons. The van der Waals surface area contributed by atoms with Gasteiger partial charge in [-0.2, -0.15) is 0 Å². The number of ether oxygens (including phenoxy) is 2. The number of aryl methyl sites for hydroxylation is 2. The molecule has 2 rings (SSSR count). The second kappa shape index (κ2) is 8.56. The third kappa shape index (κ3) is 5.24. The first-order valence-corrected chi connectivity index (χ1v) is 8.64. The van der Waals surface area contributed by atoms with Crippen molar-refractivity contribution in [3.05, 3.63) is 53.6 Å². The molecule has 4 nitrogen and oxygen atoms in total. The average Bonchev–Trinajstić information content (AvgIpc) is 2.57. The fraction of sp³-hybridized carbons (Fsp3) is 0.381. The van der Waals surface area contributed by atoms with E-state index in [0.29, 0.717) is 24.0 Å². The van der Waals surface area contributed by atoms with Crippen LogP contribution in [0, 0.1) is 19.8 Å². The Morgan fingerprint density at radius 1 is 1.00 bits per heavy atom. The summed E-state index contributed by atoms with van der Waals surface area (Å²) in [6.45, 7) is 10.5. The maximum atomic E-state index is 12.5. The van der Waals surface area contributed by atoms with Gasteiger partial charge in [0.2, 0.25) is 0 Å². The fourth-order valence-electron chi connectivity index (χ4n) is 2.40. The van der Waals surface area contributed by atoms with Crippen molar-refractivity contribution in [1.29, 1.82) is 0 Å². The van der Waals surface area contributed by atoms with Crippen molar-refractivity contribution in [1.82, 2.24) is 0 Å². The summed E-state index contributed by atoms with van der Waals surface area (Å²) < 4.78 is 11.7. The quantitative estimate of drug-likeness (QED) is 0.791. The van der Waals surface area contributed by atoms with Crippen molar-refractivity contribution in [2.24, 2.45) is 5.92 Å². The van der Waals surface area contributed by atoms with Crippen molar-refractivity contribution in [2.45, 2.75) is 40.7 Å². The molecule has 25 heavy (non-hydrogen) atoms. The number of para-hydroxylation sites is 3. The Morgan fingerprint density at radius 2 is 1.64 bits per heavy atom. The van der Waals surface area contributed by atoms with Crippen LogP contribution in [0.4, 0.5) is 5.69 Å². The van der Waals surface area contributed by atoms with Crippen LogP contribution in [0.3, 0.4) is 0 Å². The Bertz CT molecular complexity index is 705. The molecule has 0 saturated heterocycles. The van der Waals surface area contributed by atoms with Crippen LogP contribution in [-0.2, 0) is 4.79 Å². The van der Waals surface area contributed by atoms with Crippen LogP contribution in [0.5, 0.6) is 11.5 Å². The zero-order chi connectivity index (χ0) is 18.4. The number of benzene rings is 2. The molecule has 0 aromatic heterocycles. The Kier molecular flexibility index (Phi) is 6.45. The number of amides is 1. The van der Waals surface area contributed by atoms with E-state index in [4.69, 9.17) is 9.47 Å². The van der Waals surface area contributed by atoms with Gasteiger partial charge in [0.15, 0.2) is 6.10 Å². The number of carbonyl (C=O) groups excluding carboxylic acids is 1. The Balaban J connectivity index is 2.06. The minimum Gasteiger partial charge on any atom is -0.491 e. The molecule has 1 atom stereocenters. The number of carbonyl (C=O) groups is 1. The highest BCUT2D eigenvalue weighted by atomic mass is 16.5. The summed E-state index contributed by atoms with van der Waals surface area (Å²) in [7, 11) is 0. The van der Waals surface area contributed by atoms with Gasteiger partial charge in [0.1, 0.15) is 11.5 Å². The second-order valence-electron chi connectivity index (χ2n) is 6.67. The van der Waals surface area contributed by atoms with Crippen LogP contribution < -0.4 is 14.8 Å². The summed E-state index contributed by atoms with van der Waals surface area (Å²) in [5.74, 6) is 1.64. The first-order valence-electron chi connectivity index (χ1n) is 8.64. The van der Waals surface area contributed by atoms with Gasteiger partial charge in [0.25, 0.3) is 5.91 Å². The lowest BCUT2D eigenvalue weighted by Crippen LogP contribution is -2.30. The molecule has 1 N–H and O–H groups in total. The molecule has 0 saturated carbocycles. The second-order valence-corrected chi connectivity index (χ2v) is 6.67. The molecule has 0 aliphatic carbocycles. The molecule has 1 amide bonds. The minimum atomic E-state index is -0.613. The molecule has 0 fully saturated rings. The van der Waals surface area contributed by atoms with Crippen molar-refractivity contribution in [3.63, 3.8) is 0 Å². The molecule has 0 heterocycles. The summed E-state index contributed by atoms with van der Waals surface area (Å²) in [5, 5.41) is 2.90. The number of nitrogens with one attached hydrogen (secondary N) is 1. The number of hydrogen-bond donors (Lipinski definition) is 1. The monoisotopic (exact) mass is 341 g/mol. The van der Waals surface area contributed by atoms with Crippen molar-refractivity contribution < 1.29 is 14.3 Å². The van der Waals surface area contributed by atoms with E-state index >= 15 is 0 Å². The molecule has 0 bridgehead atoms. The number of hydrogen-bond acceptors (Lipinski definition) is 3. The van der Waals surface area contributed by atoms with E-state index in [9.17, 15) is 4.79 Å². The number of rotatable bonds is 7. The van der Waals surface area contributed by atoms with E-state index in [2.05, 4.69) is 19.2 Å². The molecule has 1 unspecified atom stereocenters. The Hall–Kier alpha value is -2.49. The van der Waals surface area contributed by atoms with Gasteiger partial charge in [-0.3, -0.25) is 4.79 Å². The van der Waals surface area contributed by atoms with Crippen molar-refractivity contribution in [3.8, 4) is 11.5 Å². The van der Waals surface area contributed by atoms with Gasteiger partial charge in [0.05, 0.1) is 12.3 Å². The smallest absolute Gasteiger partial charge is 0.265 e. The molecule has 134 valence electrons. The normalized spacial score (nSPS) is 11.9. The van der Waals surface area contributed by atoms with Gasteiger partial charge < -0.3 is 14.8 Å². The van der Waals surface area contributed by atoms with Gasteiger partial charge in [-0.15, -0.1) is 0 Å². The lowest BCUT2D eigenvalue weighted by molar-refractivity contribution is -0.122. The zero-order valence-electron chi connectivity index (χ0n) is 15.6. The summed E-state index contributed by atoms with van der Waals surface area (Å²) in [6.07, 6.45) is -0.613. The first kappa shape index (κ1) is 18.8. The van der Waals surface area contributed by atoms with Crippen LogP contribution in [0.25, 0.3) is 0 Å². The first-order chi connectivity index (χ1) is 11.9. The summed E-state index contributed by atoms with van der Waals surface area (Å²) in [4.78, 5) is 12.5. The summed E-state index contributed by atoms with van der Waals surface area (Å²) >= 11 is 0. The lowest BCUT2D eigenvalue weighted by Gasteiger charge is -2.19. The van der Waals surface area contributed by atoms with Crippen molar-refractivity contribution in [2.75, 3.05) is 11.9 Å². The van der Waals surface area contributed by atoms with E-state index < -0.39 is 6.10 Å². The van der Waals surface area contributed by atoms with Gasteiger partial charge in [-0.25, -0.2) is 0 Å². The number of anilines is 1. The van der Waals surface area contributed by atoms with Gasteiger partial charge >= 0.3 is 0 Å². The van der Waals surface area contributed by atoms with Crippen molar-refractivity contribution >= 4 is 11.6 Å². The van der Waals surface area contributed by atoms with E-state index in [1.165, 1.54) is 0 Å². The van der Waals surface area contributed by atoms with E-state index in [1.54, 1.807) is 6.92 Å². The molecule has 2 aromatic rings. The van der Waals surface area contributed by atoms with Crippen LogP contribution in [0.1, 0.15) is 31.9 Å². The fourth-order valence-corrected chi connectivity index (χ4v) is 2.40. The maximum absolute atomic E-state index is 12.5. The molecule has 4 heteroatoms. The highest BCUT2D eigenvalue weighted by molar-refractivity contribution is 5.95. The van der Waals surface area contributed by atoms with Gasteiger partial charge in [-0.1, -0.05) is 44.2 Å². The van der Waals surface area contributed by atoms with Crippen LogP contribution in [-0.4, -0.2) is 18.6 Å². The molecular formula is C21H27NO3. The molecule has 2 aromatic carbocycles. The topological polar surface area (TPSA) is 47.6 Å². The molecular weight excluding hydrogens is 314 g/mol. The molecule has 0 spiro atoms. The minimum absolute atomic E-state index is 0.205. The predicted molar refractivity (Wildman–Crippen MR) is 101 cm³/mol. The summed E-state index contributed by atoms with van der Waals surface area (Å²) in [6, 6.07) is 13.4.